The highest BCUT2D eigenvalue weighted by molar-refractivity contribution is 5.94. The van der Waals surface area contributed by atoms with Gasteiger partial charge in [0.2, 0.25) is 5.91 Å². The SMILES string of the molecule is N#CN1CCCC1c1cc(-c2ccnc(-c3cccc(C(N)=O)c3)c2)n[nH]1. The van der Waals surface area contributed by atoms with E-state index in [2.05, 4.69) is 21.4 Å². The smallest absolute Gasteiger partial charge is 0.248 e. The fourth-order valence-electron chi connectivity index (χ4n) is 3.44. The number of hydrogen-bond donors (Lipinski definition) is 2. The van der Waals surface area contributed by atoms with Crippen LogP contribution in [0.25, 0.3) is 22.5 Å². The van der Waals surface area contributed by atoms with Gasteiger partial charge in [-0.2, -0.15) is 10.4 Å². The first kappa shape index (κ1) is 16.8. The second kappa shape index (κ2) is 6.92. The van der Waals surface area contributed by atoms with Crippen molar-refractivity contribution in [1.82, 2.24) is 20.1 Å². The maximum atomic E-state index is 11.4. The lowest BCUT2D eigenvalue weighted by Crippen LogP contribution is -2.17. The number of pyridine rings is 1. The number of likely N-dealkylation sites (tertiary alicyclic amines) is 1. The van der Waals surface area contributed by atoms with Crippen molar-refractivity contribution in [3.63, 3.8) is 0 Å². The topological polar surface area (TPSA) is 112 Å². The summed E-state index contributed by atoms with van der Waals surface area (Å²) in [6, 6.07) is 12.9. The molecule has 0 spiro atoms. The van der Waals surface area contributed by atoms with Crippen LogP contribution in [0.1, 0.15) is 34.9 Å². The molecule has 4 rings (SSSR count). The maximum absolute atomic E-state index is 11.4. The summed E-state index contributed by atoms with van der Waals surface area (Å²) in [6.07, 6.45) is 5.90. The van der Waals surface area contributed by atoms with Crippen LogP contribution in [0.4, 0.5) is 0 Å². The van der Waals surface area contributed by atoms with E-state index < -0.39 is 5.91 Å². The number of rotatable bonds is 4. The van der Waals surface area contributed by atoms with Crippen LogP contribution in [0.5, 0.6) is 0 Å². The molecule has 1 amide bonds. The van der Waals surface area contributed by atoms with Crippen molar-refractivity contribution < 1.29 is 4.79 Å². The average molecular weight is 358 g/mol. The number of aromatic nitrogens is 3. The van der Waals surface area contributed by atoms with Crippen molar-refractivity contribution in [3.8, 4) is 28.7 Å². The number of aromatic amines is 1. The van der Waals surface area contributed by atoms with Crippen molar-refractivity contribution in [1.29, 1.82) is 5.26 Å². The first-order chi connectivity index (χ1) is 13.2. The van der Waals surface area contributed by atoms with Gasteiger partial charge < -0.3 is 10.6 Å². The molecule has 7 heteroatoms. The molecular weight excluding hydrogens is 340 g/mol. The molecule has 1 aliphatic rings. The summed E-state index contributed by atoms with van der Waals surface area (Å²) in [7, 11) is 0. The van der Waals surface area contributed by atoms with Gasteiger partial charge in [-0.1, -0.05) is 12.1 Å². The van der Waals surface area contributed by atoms with Gasteiger partial charge in [-0.25, -0.2) is 0 Å². The molecule has 1 aromatic carbocycles. The number of nitrogens with one attached hydrogen (secondary N) is 1. The van der Waals surface area contributed by atoms with Gasteiger partial charge in [0.05, 0.1) is 23.1 Å². The van der Waals surface area contributed by atoms with Crippen molar-refractivity contribution in [3.05, 3.63) is 59.9 Å². The van der Waals surface area contributed by atoms with E-state index in [1.807, 2.05) is 24.3 Å². The van der Waals surface area contributed by atoms with Crippen molar-refractivity contribution in [2.45, 2.75) is 18.9 Å². The van der Waals surface area contributed by atoms with Gasteiger partial charge >= 0.3 is 0 Å². The minimum Gasteiger partial charge on any atom is -0.366 e. The second-order valence-corrected chi connectivity index (χ2v) is 6.53. The number of H-pyrrole nitrogens is 1. The number of nitriles is 1. The summed E-state index contributed by atoms with van der Waals surface area (Å²) in [6.45, 7) is 0.783. The van der Waals surface area contributed by atoms with Crippen LogP contribution in [0.15, 0.2) is 48.7 Å². The molecule has 2 aromatic heterocycles. The number of amides is 1. The number of primary amides is 1. The number of carbonyl (C=O) groups excluding carboxylic acids is 1. The minimum atomic E-state index is -0.469. The largest absolute Gasteiger partial charge is 0.366 e. The highest BCUT2D eigenvalue weighted by atomic mass is 16.1. The highest BCUT2D eigenvalue weighted by Gasteiger charge is 2.26. The molecule has 0 saturated carbocycles. The molecule has 1 aliphatic heterocycles. The Morgan fingerprint density at radius 3 is 2.89 bits per heavy atom. The maximum Gasteiger partial charge on any atom is 0.248 e. The zero-order chi connectivity index (χ0) is 18.8. The highest BCUT2D eigenvalue weighted by Crippen LogP contribution is 2.32. The summed E-state index contributed by atoms with van der Waals surface area (Å²) >= 11 is 0. The van der Waals surface area contributed by atoms with Gasteiger partial charge in [0.1, 0.15) is 0 Å². The Morgan fingerprint density at radius 2 is 2.07 bits per heavy atom. The Balaban J connectivity index is 1.65. The Hall–Kier alpha value is -3.66. The Labute approximate surface area is 156 Å². The summed E-state index contributed by atoms with van der Waals surface area (Å²) in [4.78, 5) is 17.6. The van der Waals surface area contributed by atoms with Gasteiger partial charge in [0, 0.05) is 29.4 Å². The monoisotopic (exact) mass is 358 g/mol. The van der Waals surface area contributed by atoms with Gasteiger partial charge in [-0.05, 0) is 43.2 Å². The Morgan fingerprint density at radius 1 is 1.22 bits per heavy atom. The molecule has 0 bridgehead atoms. The number of hydrogen-bond acceptors (Lipinski definition) is 5. The van der Waals surface area contributed by atoms with Gasteiger partial charge in [0.25, 0.3) is 0 Å². The predicted molar refractivity (Wildman–Crippen MR) is 100 cm³/mol. The molecule has 7 nitrogen and oxygen atoms in total. The number of benzene rings is 1. The van der Waals surface area contributed by atoms with Gasteiger partial charge in [-0.15, -0.1) is 0 Å². The molecular formula is C20H18N6O. The minimum absolute atomic E-state index is 0.0600. The normalized spacial score (nSPS) is 16.3. The van der Waals surface area contributed by atoms with Gasteiger partial charge in [-0.3, -0.25) is 14.9 Å². The lowest BCUT2D eigenvalue weighted by Gasteiger charge is -2.15. The molecule has 3 heterocycles. The van der Waals surface area contributed by atoms with E-state index >= 15 is 0 Å². The third kappa shape index (κ3) is 3.25. The Bertz CT molecular complexity index is 1030. The lowest BCUT2D eigenvalue weighted by molar-refractivity contribution is 0.100. The summed E-state index contributed by atoms with van der Waals surface area (Å²) < 4.78 is 0. The summed E-state index contributed by atoms with van der Waals surface area (Å²) in [5.41, 5.74) is 10.0. The molecule has 0 aliphatic carbocycles. The van der Waals surface area contributed by atoms with E-state index in [1.165, 1.54) is 0 Å². The van der Waals surface area contributed by atoms with Crippen LogP contribution in [0.3, 0.4) is 0 Å². The fraction of sp³-hybridized carbons (Fsp3) is 0.200. The molecule has 3 aromatic rings. The van der Waals surface area contributed by atoms with Gasteiger partial charge in [0.15, 0.2) is 6.19 Å². The first-order valence-electron chi connectivity index (χ1n) is 8.74. The third-order valence-electron chi connectivity index (χ3n) is 4.84. The molecule has 1 saturated heterocycles. The molecule has 134 valence electrons. The second-order valence-electron chi connectivity index (χ2n) is 6.53. The third-order valence-corrected chi connectivity index (χ3v) is 4.84. The van der Waals surface area contributed by atoms with Crippen LogP contribution in [0.2, 0.25) is 0 Å². The molecule has 1 fully saturated rings. The first-order valence-corrected chi connectivity index (χ1v) is 8.74. The predicted octanol–water partition coefficient (Wildman–Crippen LogP) is 2.86. The van der Waals surface area contributed by atoms with E-state index in [1.54, 1.807) is 29.3 Å². The van der Waals surface area contributed by atoms with Crippen LogP contribution in [0, 0.1) is 11.5 Å². The summed E-state index contributed by atoms with van der Waals surface area (Å²) in [5.74, 6) is -0.469. The van der Waals surface area contributed by atoms with E-state index in [0.717, 1.165) is 47.6 Å². The van der Waals surface area contributed by atoms with Crippen molar-refractivity contribution in [2.24, 2.45) is 5.73 Å². The summed E-state index contributed by atoms with van der Waals surface area (Å²) in [5, 5.41) is 16.7. The molecule has 0 radical (unpaired) electrons. The van der Waals surface area contributed by atoms with Crippen LogP contribution in [-0.4, -0.2) is 32.5 Å². The average Bonchev–Trinajstić information content (AvgIpc) is 3.37. The fourth-order valence-corrected chi connectivity index (χ4v) is 3.44. The van der Waals surface area contributed by atoms with E-state index in [0.29, 0.717) is 5.56 Å². The lowest BCUT2D eigenvalue weighted by atomic mass is 10.0. The van der Waals surface area contributed by atoms with Crippen molar-refractivity contribution in [2.75, 3.05) is 6.54 Å². The molecule has 27 heavy (non-hydrogen) atoms. The van der Waals surface area contributed by atoms with E-state index in [-0.39, 0.29) is 6.04 Å². The standard InChI is InChI=1S/C20H18N6O/c21-12-26-8-2-5-19(26)18-11-17(24-25-18)14-6-7-23-16(10-14)13-3-1-4-15(9-13)20(22)27/h1,3-4,6-7,9-11,19H,2,5,8H2,(H2,22,27)(H,24,25). The quantitative estimate of drug-likeness (QED) is 0.697. The number of carbonyl (C=O) groups is 1. The molecule has 1 atom stereocenters. The van der Waals surface area contributed by atoms with Crippen molar-refractivity contribution >= 4 is 5.91 Å². The number of nitrogens with two attached hydrogens (primary N) is 1. The zero-order valence-corrected chi connectivity index (χ0v) is 14.6. The molecule has 3 N–H and O–H groups in total. The Kier molecular flexibility index (Phi) is 4.30. The number of nitrogens with zero attached hydrogens (tertiary/aromatic N) is 4. The van der Waals surface area contributed by atoms with Crippen LogP contribution >= 0.6 is 0 Å². The van der Waals surface area contributed by atoms with E-state index in [9.17, 15) is 10.1 Å². The molecule has 1 unspecified atom stereocenters. The zero-order valence-electron chi connectivity index (χ0n) is 14.6. The van der Waals surface area contributed by atoms with E-state index in [4.69, 9.17) is 5.73 Å². The van der Waals surface area contributed by atoms with Crippen LogP contribution < -0.4 is 5.73 Å². The van der Waals surface area contributed by atoms with Crippen LogP contribution in [-0.2, 0) is 0 Å².